The van der Waals surface area contributed by atoms with Crippen molar-refractivity contribution < 1.29 is 4.74 Å². The molecule has 4 nitrogen and oxygen atoms in total. The van der Waals surface area contributed by atoms with E-state index in [0.717, 1.165) is 17.1 Å². The maximum atomic E-state index is 5.73. The standard InChI is InChI=1S/C13H16ClN3O/c1-10(2)17-13(15-9-16-17)8-18-12-5-3-11(7-14)4-6-12/h3-6,9-10H,7-8H2,1-2H3. The first-order valence-corrected chi connectivity index (χ1v) is 6.40. The molecule has 0 unspecified atom stereocenters. The number of benzene rings is 1. The summed E-state index contributed by atoms with van der Waals surface area (Å²) < 4.78 is 7.53. The molecule has 5 heteroatoms. The van der Waals surface area contributed by atoms with Crippen LogP contribution >= 0.6 is 11.6 Å². The molecule has 96 valence electrons. The lowest BCUT2D eigenvalue weighted by molar-refractivity contribution is 0.282. The highest BCUT2D eigenvalue weighted by atomic mass is 35.5. The van der Waals surface area contributed by atoms with E-state index in [2.05, 4.69) is 23.9 Å². The molecule has 2 aromatic rings. The molecular formula is C13H16ClN3O. The van der Waals surface area contributed by atoms with E-state index in [0.29, 0.717) is 12.5 Å². The molecule has 0 aliphatic heterocycles. The summed E-state index contributed by atoms with van der Waals surface area (Å²) in [6.07, 6.45) is 1.55. The summed E-state index contributed by atoms with van der Waals surface area (Å²) in [6.45, 7) is 4.54. The summed E-state index contributed by atoms with van der Waals surface area (Å²) in [6, 6.07) is 8.01. The Balaban J connectivity index is 2.00. The van der Waals surface area contributed by atoms with Gasteiger partial charge in [0.05, 0.1) is 0 Å². The zero-order valence-electron chi connectivity index (χ0n) is 10.5. The Labute approximate surface area is 112 Å². The van der Waals surface area contributed by atoms with Gasteiger partial charge in [0.1, 0.15) is 18.7 Å². The van der Waals surface area contributed by atoms with Crippen LogP contribution in [0.3, 0.4) is 0 Å². The summed E-state index contributed by atoms with van der Waals surface area (Å²) >= 11 is 5.73. The van der Waals surface area contributed by atoms with Crippen molar-refractivity contribution in [3.8, 4) is 5.75 Å². The molecule has 0 atom stereocenters. The zero-order chi connectivity index (χ0) is 13.0. The lowest BCUT2D eigenvalue weighted by Gasteiger charge is -2.10. The van der Waals surface area contributed by atoms with Crippen LogP contribution in [0.5, 0.6) is 5.75 Å². The van der Waals surface area contributed by atoms with E-state index in [1.165, 1.54) is 0 Å². The third-order valence-electron chi connectivity index (χ3n) is 2.58. The van der Waals surface area contributed by atoms with Crippen LogP contribution in [0.2, 0.25) is 0 Å². The monoisotopic (exact) mass is 265 g/mol. The van der Waals surface area contributed by atoms with Gasteiger partial charge in [-0.15, -0.1) is 11.6 Å². The maximum Gasteiger partial charge on any atom is 0.165 e. The van der Waals surface area contributed by atoms with Gasteiger partial charge in [0.15, 0.2) is 5.82 Å². The molecule has 0 spiro atoms. The average molecular weight is 266 g/mol. The van der Waals surface area contributed by atoms with Gasteiger partial charge in [-0.3, -0.25) is 0 Å². The first-order chi connectivity index (χ1) is 8.70. The number of halogens is 1. The van der Waals surface area contributed by atoms with Crippen molar-refractivity contribution >= 4 is 11.6 Å². The van der Waals surface area contributed by atoms with Crippen molar-refractivity contribution in [3.63, 3.8) is 0 Å². The zero-order valence-corrected chi connectivity index (χ0v) is 11.3. The van der Waals surface area contributed by atoms with Crippen molar-refractivity contribution in [3.05, 3.63) is 42.0 Å². The fourth-order valence-electron chi connectivity index (χ4n) is 1.63. The highest BCUT2D eigenvalue weighted by Gasteiger charge is 2.07. The third-order valence-corrected chi connectivity index (χ3v) is 2.89. The molecule has 0 aliphatic rings. The molecule has 0 radical (unpaired) electrons. The van der Waals surface area contributed by atoms with Gasteiger partial charge >= 0.3 is 0 Å². The summed E-state index contributed by atoms with van der Waals surface area (Å²) in [5, 5.41) is 4.16. The molecule has 0 N–H and O–H groups in total. The van der Waals surface area contributed by atoms with Crippen molar-refractivity contribution in [1.82, 2.24) is 14.8 Å². The molecule has 0 amide bonds. The second kappa shape index (κ2) is 5.87. The SMILES string of the molecule is CC(C)n1ncnc1COc1ccc(CCl)cc1. The van der Waals surface area contributed by atoms with Gasteiger partial charge in [-0.25, -0.2) is 9.67 Å². The van der Waals surface area contributed by atoms with Crippen LogP contribution in [0.1, 0.15) is 31.3 Å². The number of aromatic nitrogens is 3. The van der Waals surface area contributed by atoms with Crippen molar-refractivity contribution in [2.75, 3.05) is 0 Å². The third kappa shape index (κ3) is 3.01. The number of ether oxygens (including phenoxy) is 1. The molecular weight excluding hydrogens is 250 g/mol. The summed E-state index contributed by atoms with van der Waals surface area (Å²) in [5.41, 5.74) is 1.08. The lowest BCUT2D eigenvalue weighted by Crippen LogP contribution is -2.10. The van der Waals surface area contributed by atoms with E-state index in [-0.39, 0.29) is 6.04 Å². The van der Waals surface area contributed by atoms with E-state index >= 15 is 0 Å². The average Bonchev–Trinajstić information content (AvgIpc) is 2.85. The Morgan fingerprint density at radius 1 is 1.28 bits per heavy atom. The van der Waals surface area contributed by atoms with Gasteiger partial charge in [-0.2, -0.15) is 5.10 Å². The van der Waals surface area contributed by atoms with Gasteiger partial charge in [0, 0.05) is 11.9 Å². The van der Waals surface area contributed by atoms with Crippen LogP contribution in [0.15, 0.2) is 30.6 Å². The van der Waals surface area contributed by atoms with Crippen LogP contribution in [0.4, 0.5) is 0 Å². The second-order valence-corrected chi connectivity index (χ2v) is 4.55. The number of hydrogen-bond donors (Lipinski definition) is 0. The van der Waals surface area contributed by atoms with Gasteiger partial charge in [-0.05, 0) is 31.5 Å². The largest absolute Gasteiger partial charge is 0.486 e. The predicted octanol–water partition coefficient (Wildman–Crippen LogP) is 3.18. The highest BCUT2D eigenvalue weighted by molar-refractivity contribution is 6.17. The Morgan fingerprint density at radius 2 is 2.00 bits per heavy atom. The van der Waals surface area contributed by atoms with Gasteiger partial charge < -0.3 is 4.74 Å². The normalized spacial score (nSPS) is 10.9. The molecule has 0 saturated heterocycles. The van der Waals surface area contributed by atoms with Crippen molar-refractivity contribution in [2.24, 2.45) is 0 Å². The Kier molecular flexibility index (Phi) is 4.20. The summed E-state index contributed by atoms with van der Waals surface area (Å²) in [5.74, 6) is 2.15. The van der Waals surface area contributed by atoms with E-state index < -0.39 is 0 Å². The molecule has 1 aromatic carbocycles. The minimum atomic E-state index is 0.282. The molecule has 18 heavy (non-hydrogen) atoms. The van der Waals surface area contributed by atoms with E-state index in [4.69, 9.17) is 16.3 Å². The fraction of sp³-hybridized carbons (Fsp3) is 0.385. The van der Waals surface area contributed by atoms with Crippen LogP contribution in [-0.2, 0) is 12.5 Å². The first-order valence-electron chi connectivity index (χ1n) is 5.87. The summed E-state index contributed by atoms with van der Waals surface area (Å²) in [7, 11) is 0. The number of nitrogens with zero attached hydrogens (tertiary/aromatic N) is 3. The molecule has 0 saturated carbocycles. The smallest absolute Gasteiger partial charge is 0.165 e. The Bertz CT molecular complexity index is 493. The molecule has 0 bridgehead atoms. The second-order valence-electron chi connectivity index (χ2n) is 4.28. The van der Waals surface area contributed by atoms with E-state index in [1.54, 1.807) is 6.33 Å². The molecule has 1 heterocycles. The fourth-order valence-corrected chi connectivity index (χ4v) is 1.81. The number of rotatable bonds is 5. The minimum absolute atomic E-state index is 0.282. The van der Waals surface area contributed by atoms with Gasteiger partial charge in [0.2, 0.25) is 0 Å². The van der Waals surface area contributed by atoms with Crippen LogP contribution < -0.4 is 4.74 Å². The number of hydrogen-bond acceptors (Lipinski definition) is 3. The molecule has 2 rings (SSSR count). The van der Waals surface area contributed by atoms with Crippen LogP contribution in [0, 0.1) is 0 Å². The number of alkyl halides is 1. The molecule has 0 fully saturated rings. The Hall–Kier alpha value is -1.55. The van der Waals surface area contributed by atoms with Gasteiger partial charge in [-0.1, -0.05) is 12.1 Å². The predicted molar refractivity (Wildman–Crippen MR) is 70.7 cm³/mol. The lowest BCUT2D eigenvalue weighted by atomic mass is 10.2. The van der Waals surface area contributed by atoms with Gasteiger partial charge in [0.25, 0.3) is 0 Å². The molecule has 1 aromatic heterocycles. The topological polar surface area (TPSA) is 39.9 Å². The highest BCUT2D eigenvalue weighted by Crippen LogP contribution is 2.15. The van der Waals surface area contributed by atoms with Crippen molar-refractivity contribution in [1.29, 1.82) is 0 Å². The van der Waals surface area contributed by atoms with Crippen LogP contribution in [0.25, 0.3) is 0 Å². The first kappa shape index (κ1) is 12.9. The van der Waals surface area contributed by atoms with E-state index in [9.17, 15) is 0 Å². The quantitative estimate of drug-likeness (QED) is 0.780. The molecule has 0 aliphatic carbocycles. The van der Waals surface area contributed by atoms with Crippen molar-refractivity contribution in [2.45, 2.75) is 32.4 Å². The summed E-state index contributed by atoms with van der Waals surface area (Å²) in [4.78, 5) is 4.19. The Morgan fingerprint density at radius 3 is 2.61 bits per heavy atom. The maximum absolute atomic E-state index is 5.73. The minimum Gasteiger partial charge on any atom is -0.486 e. The van der Waals surface area contributed by atoms with Crippen LogP contribution in [-0.4, -0.2) is 14.8 Å². The van der Waals surface area contributed by atoms with E-state index in [1.807, 2.05) is 28.9 Å².